The summed E-state index contributed by atoms with van der Waals surface area (Å²) in [7, 11) is 0. The van der Waals surface area contributed by atoms with Crippen LogP contribution in [0.5, 0.6) is 0 Å². The van der Waals surface area contributed by atoms with Gasteiger partial charge in [0, 0.05) is 46.4 Å². The predicted molar refractivity (Wildman–Crippen MR) is 417 cm³/mol. The highest BCUT2D eigenvalue weighted by atomic mass is 16.6. The second-order valence-electron chi connectivity index (χ2n) is 32.9. The number of nitrogens with two attached hydrogens (primary N) is 6. The molecule has 2 atom stereocenters. The van der Waals surface area contributed by atoms with Gasteiger partial charge >= 0.3 is 48.1 Å². The summed E-state index contributed by atoms with van der Waals surface area (Å²) in [5.74, 6) is -2.90. The van der Waals surface area contributed by atoms with E-state index in [4.69, 9.17) is 72.3 Å². The zero-order valence-corrected chi connectivity index (χ0v) is 67.1. The van der Waals surface area contributed by atoms with Crippen LogP contribution in [0.1, 0.15) is 203 Å². The monoisotopic (exact) mass is 1490 g/mol. The summed E-state index contributed by atoms with van der Waals surface area (Å²) in [4.78, 5) is 111. The third-order valence-electron chi connectivity index (χ3n) is 12.7. The van der Waals surface area contributed by atoms with Crippen molar-refractivity contribution in [3.63, 3.8) is 0 Å². The first-order chi connectivity index (χ1) is 48.1. The van der Waals surface area contributed by atoms with E-state index in [2.05, 4.69) is 26.6 Å². The SMILES string of the molecule is CC(C)(C)OC(=O)CC(NC(=O)OC(C)(C)C)C(=O)Nc1cc(N)ccc1N.CC(C)(C)OC(=O)CN(CCCc1cc(N)ccc1N)C(=O)OC(C)(C)C.CC(C)(C)OC(=O)CNc1ccc(NCC(=O)OC(C)(C)C)cc1.CC(C)(C)OC(=O)NC(CCCc1cc(N)ccc1N)C(=O)OC(C)(C)C. The van der Waals surface area contributed by atoms with Gasteiger partial charge in [-0.1, -0.05) is 0 Å². The Balaban J connectivity index is 0.000000708. The van der Waals surface area contributed by atoms with Crippen molar-refractivity contribution in [2.75, 3.05) is 76.5 Å². The zero-order chi connectivity index (χ0) is 81.7. The number of esters is 5. The van der Waals surface area contributed by atoms with Gasteiger partial charge < -0.3 is 98.9 Å². The van der Waals surface area contributed by atoms with E-state index in [9.17, 15) is 43.2 Å². The molecule has 0 saturated carbocycles. The molecule has 0 fully saturated rings. The molecule has 0 heterocycles. The number of amides is 4. The number of alkyl carbamates (subject to hydrolysis) is 2. The van der Waals surface area contributed by atoms with Crippen molar-refractivity contribution in [1.82, 2.24) is 15.5 Å². The van der Waals surface area contributed by atoms with Crippen LogP contribution in [0, 0.1) is 0 Å². The Kier molecular flexibility index (Phi) is 36.3. The molecule has 4 aromatic rings. The van der Waals surface area contributed by atoms with Crippen LogP contribution in [0.15, 0.2) is 78.9 Å². The zero-order valence-electron chi connectivity index (χ0n) is 67.1. The highest BCUT2D eigenvalue weighted by Gasteiger charge is 2.32. The molecule has 0 radical (unpaired) electrons. The van der Waals surface area contributed by atoms with Crippen molar-refractivity contribution >= 4 is 105 Å². The molecule has 29 nitrogen and oxygen atoms in total. The summed E-state index contributed by atoms with van der Waals surface area (Å²) in [5, 5.41) is 13.6. The number of rotatable bonds is 23. The van der Waals surface area contributed by atoms with Gasteiger partial charge in [0.2, 0.25) is 5.91 Å². The molecule has 0 aliphatic heterocycles. The van der Waals surface area contributed by atoms with E-state index in [-0.39, 0.29) is 49.4 Å². The second-order valence-corrected chi connectivity index (χ2v) is 32.9. The minimum atomic E-state index is -1.23. The van der Waals surface area contributed by atoms with Gasteiger partial charge in [-0.15, -0.1) is 0 Å². The fourth-order valence-corrected chi connectivity index (χ4v) is 8.72. The van der Waals surface area contributed by atoms with Gasteiger partial charge in [-0.3, -0.25) is 28.9 Å². The first-order valence-corrected chi connectivity index (χ1v) is 35.0. The van der Waals surface area contributed by atoms with Crippen molar-refractivity contribution in [2.45, 2.75) is 262 Å². The molecule has 4 aromatic carbocycles. The van der Waals surface area contributed by atoms with Gasteiger partial charge in [-0.05, 0) is 288 Å². The third-order valence-corrected chi connectivity index (χ3v) is 12.7. The number of carbonyl (C=O) groups excluding carboxylic acids is 9. The van der Waals surface area contributed by atoms with Gasteiger partial charge in [0.05, 0.1) is 17.8 Å². The Labute approximate surface area is 627 Å². The first kappa shape index (κ1) is 93.9. The number of nitrogens with zero attached hydrogens (tertiary/aromatic N) is 1. The standard InChI is InChI=1S/2C20H33N3O4.C19H30N4O5.C18H28N2O4/c1-19(2,3)26-17(24)13-23(18(25)27-20(4,5)6)11-7-8-14-12-15(21)9-10-16(14)22;1-19(2,3)26-17(24)16(23-18(25)27-20(4,5)6)9-7-8-13-12-14(21)10-11-15(13)22;1-18(2,3)27-15(24)10-14(23-17(26)28-19(4,5)6)16(25)22-13-9-11(20)7-8-12(13)21;1-17(2,3)23-15(21)11-19-13-7-9-14(10-8-13)20-12-16(22)24-18(4,5)6/h9-10,12H,7-8,11,13,21-22H2,1-6H3;10-12,16H,7-9,21-22H2,1-6H3,(H,23,25);7-9,14H,10,20-21H2,1-6H3,(H,22,25)(H,23,26);7-10,19-20H,11-12H2,1-6H3. The summed E-state index contributed by atoms with van der Waals surface area (Å²) in [6.07, 6.45) is 0.458. The van der Waals surface area contributed by atoms with Crippen LogP contribution in [-0.2, 0) is 79.5 Å². The molecule has 0 saturated heterocycles. The third kappa shape index (κ3) is 45.9. The van der Waals surface area contributed by atoms with Crippen molar-refractivity contribution in [3.05, 3.63) is 90.0 Å². The lowest BCUT2D eigenvalue weighted by atomic mass is 10.0. The molecular weight excluding hydrogens is 1360 g/mol. The number of hydrogen-bond donors (Lipinski definition) is 11. The van der Waals surface area contributed by atoms with E-state index in [1.54, 1.807) is 155 Å². The molecule has 0 aromatic heterocycles. The number of benzene rings is 4. The van der Waals surface area contributed by atoms with Crippen molar-refractivity contribution < 1.29 is 81.0 Å². The molecule has 0 aliphatic rings. The van der Waals surface area contributed by atoms with E-state index >= 15 is 0 Å². The molecule has 17 N–H and O–H groups in total. The van der Waals surface area contributed by atoms with Gasteiger partial charge in [0.1, 0.15) is 76.5 Å². The number of hydrogen-bond acceptors (Lipinski definition) is 25. The largest absolute Gasteiger partial charge is 0.460 e. The lowest BCUT2D eigenvalue weighted by Gasteiger charge is -2.28. The highest BCUT2D eigenvalue weighted by Crippen LogP contribution is 2.25. The van der Waals surface area contributed by atoms with Crippen LogP contribution in [-0.4, -0.2) is 142 Å². The van der Waals surface area contributed by atoms with Gasteiger partial charge in [0.15, 0.2) is 0 Å². The Morgan fingerprint density at radius 2 is 0.736 bits per heavy atom. The summed E-state index contributed by atoms with van der Waals surface area (Å²) in [6.45, 7) is 42.8. The van der Waals surface area contributed by atoms with E-state index in [0.717, 1.165) is 22.5 Å². The van der Waals surface area contributed by atoms with E-state index in [1.807, 2.05) is 77.9 Å². The average molecular weight is 1490 g/mol. The number of ether oxygens (including phenoxy) is 8. The fourth-order valence-electron chi connectivity index (χ4n) is 8.72. The lowest BCUT2D eigenvalue weighted by Crippen LogP contribution is -2.47. The maximum absolute atomic E-state index is 12.7. The topological polar surface area (TPSA) is 447 Å². The summed E-state index contributed by atoms with van der Waals surface area (Å²) in [5.41, 5.74) is 37.0. The smallest absolute Gasteiger partial charge is 0.410 e. The van der Waals surface area contributed by atoms with Gasteiger partial charge in [-0.25, -0.2) is 19.2 Å². The van der Waals surface area contributed by atoms with E-state index in [0.29, 0.717) is 67.1 Å². The first-order valence-electron chi connectivity index (χ1n) is 35.0. The quantitative estimate of drug-likeness (QED) is 0.0187. The molecule has 106 heavy (non-hydrogen) atoms. The minimum absolute atomic E-state index is 0.0992. The Morgan fingerprint density at radius 1 is 0.387 bits per heavy atom. The van der Waals surface area contributed by atoms with E-state index < -0.39 is 99.0 Å². The number of aryl methyl sites for hydroxylation is 2. The Hall–Kier alpha value is -10.1. The van der Waals surface area contributed by atoms with Crippen LogP contribution in [0.3, 0.4) is 0 Å². The fraction of sp³-hybridized carbons (Fsp3) is 0.571. The highest BCUT2D eigenvalue weighted by molar-refractivity contribution is 6.01. The molecule has 0 aliphatic carbocycles. The summed E-state index contributed by atoms with van der Waals surface area (Å²) in [6, 6.07) is 20.5. The van der Waals surface area contributed by atoms with E-state index in [1.165, 1.54) is 17.0 Å². The molecule has 0 spiro atoms. The molecule has 29 heteroatoms. The number of nitrogen functional groups attached to an aromatic ring is 6. The maximum atomic E-state index is 12.7. The number of carbonyl (C=O) groups is 9. The van der Waals surface area contributed by atoms with Gasteiger partial charge in [0.25, 0.3) is 0 Å². The molecule has 0 bridgehead atoms. The average Bonchev–Trinajstić information content (AvgIpc) is 0.875. The van der Waals surface area contributed by atoms with Crippen molar-refractivity contribution in [1.29, 1.82) is 0 Å². The van der Waals surface area contributed by atoms with Gasteiger partial charge in [-0.2, -0.15) is 0 Å². The minimum Gasteiger partial charge on any atom is -0.460 e. The molecule has 4 rings (SSSR count). The number of nitrogens with one attached hydrogen (secondary N) is 5. The lowest BCUT2D eigenvalue weighted by molar-refractivity contribution is -0.158. The van der Waals surface area contributed by atoms with Crippen molar-refractivity contribution in [2.24, 2.45) is 0 Å². The predicted octanol–water partition coefficient (Wildman–Crippen LogP) is 12.4. The molecular formula is C77H124N12O17. The molecule has 594 valence electrons. The summed E-state index contributed by atoms with van der Waals surface area (Å²) >= 11 is 0. The Bertz CT molecular complexity index is 3330. The maximum Gasteiger partial charge on any atom is 0.410 e. The van der Waals surface area contributed by atoms with Crippen LogP contribution >= 0.6 is 0 Å². The normalized spacial score (nSPS) is 12.3. The second kappa shape index (κ2) is 41.0. The number of anilines is 9. The van der Waals surface area contributed by atoms with Crippen molar-refractivity contribution in [3.8, 4) is 0 Å². The van der Waals surface area contributed by atoms with Crippen LogP contribution < -0.4 is 61.0 Å². The van der Waals surface area contributed by atoms with Crippen LogP contribution in [0.4, 0.5) is 65.6 Å². The molecule has 2 unspecified atom stereocenters. The van der Waals surface area contributed by atoms with Crippen LogP contribution in [0.2, 0.25) is 0 Å². The Morgan fingerprint density at radius 3 is 1.13 bits per heavy atom. The molecule has 4 amide bonds. The van der Waals surface area contributed by atoms with Crippen LogP contribution in [0.25, 0.3) is 0 Å². The summed E-state index contributed by atoms with van der Waals surface area (Å²) < 4.78 is 42.3.